The molecule has 0 saturated heterocycles. The highest BCUT2D eigenvalue weighted by Crippen LogP contribution is 2.30. The molecule has 2 aromatic rings. The molecule has 2 N–H and O–H groups in total. The van der Waals surface area contributed by atoms with Crippen molar-refractivity contribution in [3.05, 3.63) is 55.6 Å². The van der Waals surface area contributed by atoms with E-state index in [0.29, 0.717) is 5.02 Å². The Balaban J connectivity index is 0.00000128. The maximum absolute atomic E-state index is 6.15. The zero-order valence-corrected chi connectivity index (χ0v) is 12.2. The third kappa shape index (κ3) is 2.99. The smallest absolute Gasteiger partial charge is 0.0571 e. The van der Waals surface area contributed by atoms with Crippen LogP contribution in [0.4, 0.5) is 0 Å². The number of hydrogen-bond donors (Lipinski definition) is 1. The second kappa shape index (κ2) is 6.03. The molecule has 16 heavy (non-hydrogen) atoms. The highest BCUT2D eigenvalue weighted by molar-refractivity contribution is 9.10. The number of hydrogen-bond acceptors (Lipinski definition) is 2. The van der Waals surface area contributed by atoms with Gasteiger partial charge in [-0.25, -0.2) is 0 Å². The topological polar surface area (TPSA) is 26.0 Å². The zero-order valence-electron chi connectivity index (χ0n) is 8.19. The Hall–Kier alpha value is -0.0600. The van der Waals surface area contributed by atoms with Crippen LogP contribution < -0.4 is 5.73 Å². The lowest BCUT2D eigenvalue weighted by molar-refractivity contribution is 0.871. The summed E-state index contributed by atoms with van der Waals surface area (Å²) < 4.78 is 0.991. The molecular formula is C11H10BrCl2NS. The number of halogens is 3. The van der Waals surface area contributed by atoms with Gasteiger partial charge in [0.05, 0.1) is 6.04 Å². The lowest BCUT2D eigenvalue weighted by atomic mass is 10.0. The molecule has 0 aliphatic carbocycles. The minimum absolute atomic E-state index is 0. The van der Waals surface area contributed by atoms with Gasteiger partial charge in [-0.15, -0.1) is 12.4 Å². The van der Waals surface area contributed by atoms with Crippen LogP contribution >= 0.6 is 51.3 Å². The highest BCUT2D eigenvalue weighted by atomic mass is 79.9. The molecular weight excluding hydrogens is 329 g/mol. The van der Waals surface area contributed by atoms with Gasteiger partial charge in [-0.3, -0.25) is 0 Å². The standard InChI is InChI=1S/C11H9BrClNS.ClH/c12-10-2-1-8(13)5-9(10)11(14)7-3-4-15-6-7;/h1-6,11H,14H2;1H/t11-;/m1./s1. The van der Waals surface area contributed by atoms with E-state index in [-0.39, 0.29) is 18.4 Å². The van der Waals surface area contributed by atoms with Gasteiger partial charge >= 0.3 is 0 Å². The Morgan fingerprint density at radius 1 is 1.31 bits per heavy atom. The van der Waals surface area contributed by atoms with E-state index in [1.165, 1.54) is 0 Å². The first-order valence-corrected chi connectivity index (χ1v) is 6.52. The molecule has 0 spiro atoms. The van der Waals surface area contributed by atoms with Crippen molar-refractivity contribution in [1.82, 2.24) is 0 Å². The average molecular weight is 339 g/mol. The van der Waals surface area contributed by atoms with Gasteiger partial charge in [-0.05, 0) is 46.2 Å². The van der Waals surface area contributed by atoms with Crippen molar-refractivity contribution in [2.75, 3.05) is 0 Å². The number of rotatable bonds is 2. The summed E-state index contributed by atoms with van der Waals surface area (Å²) in [7, 11) is 0. The fourth-order valence-corrected chi connectivity index (χ4v) is 2.75. The minimum atomic E-state index is -0.121. The Morgan fingerprint density at radius 2 is 2.06 bits per heavy atom. The molecule has 86 valence electrons. The lowest BCUT2D eigenvalue weighted by Crippen LogP contribution is -2.11. The number of nitrogens with two attached hydrogens (primary N) is 1. The van der Waals surface area contributed by atoms with Crippen LogP contribution in [0.2, 0.25) is 5.02 Å². The molecule has 0 unspecified atom stereocenters. The molecule has 1 nitrogen and oxygen atoms in total. The first kappa shape index (κ1) is 14.0. The van der Waals surface area contributed by atoms with Crippen LogP contribution in [0.5, 0.6) is 0 Å². The van der Waals surface area contributed by atoms with Crippen molar-refractivity contribution in [1.29, 1.82) is 0 Å². The summed E-state index contributed by atoms with van der Waals surface area (Å²) in [5.74, 6) is 0. The van der Waals surface area contributed by atoms with Crippen LogP contribution in [-0.4, -0.2) is 0 Å². The van der Waals surface area contributed by atoms with Crippen molar-refractivity contribution in [2.24, 2.45) is 5.73 Å². The van der Waals surface area contributed by atoms with E-state index in [0.717, 1.165) is 15.6 Å². The van der Waals surface area contributed by atoms with Gasteiger partial charge < -0.3 is 5.73 Å². The minimum Gasteiger partial charge on any atom is -0.320 e. The molecule has 5 heteroatoms. The van der Waals surface area contributed by atoms with E-state index in [2.05, 4.69) is 21.3 Å². The molecule has 0 radical (unpaired) electrons. The summed E-state index contributed by atoms with van der Waals surface area (Å²) >= 11 is 11.1. The molecule has 1 aromatic carbocycles. The van der Waals surface area contributed by atoms with Crippen LogP contribution in [0.15, 0.2) is 39.5 Å². The van der Waals surface area contributed by atoms with Crippen molar-refractivity contribution in [3.63, 3.8) is 0 Å². The monoisotopic (exact) mass is 337 g/mol. The average Bonchev–Trinajstić information content (AvgIpc) is 2.74. The maximum atomic E-state index is 6.15. The summed E-state index contributed by atoms with van der Waals surface area (Å²) in [5.41, 5.74) is 8.28. The van der Waals surface area contributed by atoms with Gasteiger partial charge in [-0.1, -0.05) is 27.5 Å². The van der Waals surface area contributed by atoms with E-state index in [4.69, 9.17) is 17.3 Å². The molecule has 2 rings (SSSR count). The molecule has 1 heterocycles. The fraction of sp³-hybridized carbons (Fsp3) is 0.0909. The largest absolute Gasteiger partial charge is 0.320 e. The molecule has 0 saturated carbocycles. The van der Waals surface area contributed by atoms with Crippen molar-refractivity contribution in [2.45, 2.75) is 6.04 Å². The summed E-state index contributed by atoms with van der Waals surface area (Å²) in [4.78, 5) is 0. The third-order valence-corrected chi connectivity index (χ3v) is 3.85. The summed E-state index contributed by atoms with van der Waals surface area (Å²) in [6, 6.07) is 7.57. The first-order valence-electron chi connectivity index (χ1n) is 4.41. The molecule has 0 bridgehead atoms. The first-order chi connectivity index (χ1) is 7.18. The zero-order chi connectivity index (χ0) is 10.8. The Labute approximate surface area is 118 Å². The van der Waals surface area contributed by atoms with E-state index < -0.39 is 0 Å². The lowest BCUT2D eigenvalue weighted by Gasteiger charge is -2.12. The predicted molar refractivity (Wildman–Crippen MR) is 76.7 cm³/mol. The number of benzene rings is 1. The van der Waals surface area contributed by atoms with Crippen molar-refractivity contribution >= 4 is 51.3 Å². The van der Waals surface area contributed by atoms with E-state index in [1.54, 1.807) is 11.3 Å². The van der Waals surface area contributed by atoms with Crippen LogP contribution in [0.25, 0.3) is 0 Å². The van der Waals surface area contributed by atoms with Crippen LogP contribution in [0.1, 0.15) is 17.2 Å². The van der Waals surface area contributed by atoms with Gasteiger partial charge in [0, 0.05) is 9.50 Å². The maximum Gasteiger partial charge on any atom is 0.0571 e. The molecule has 0 amide bonds. The molecule has 0 aliphatic heterocycles. The Morgan fingerprint density at radius 3 is 2.69 bits per heavy atom. The molecule has 1 atom stereocenters. The molecule has 0 aliphatic rings. The highest BCUT2D eigenvalue weighted by Gasteiger charge is 2.12. The van der Waals surface area contributed by atoms with Crippen molar-refractivity contribution < 1.29 is 0 Å². The van der Waals surface area contributed by atoms with Crippen LogP contribution in [-0.2, 0) is 0 Å². The second-order valence-corrected chi connectivity index (χ2v) is 5.27. The Kier molecular flexibility index (Phi) is 5.28. The van der Waals surface area contributed by atoms with Gasteiger partial charge in [0.25, 0.3) is 0 Å². The fourth-order valence-electron chi connectivity index (χ4n) is 1.38. The number of thiophene rings is 1. The Bertz CT molecular complexity index is 459. The normalized spacial score (nSPS) is 11.9. The van der Waals surface area contributed by atoms with Gasteiger partial charge in [-0.2, -0.15) is 11.3 Å². The van der Waals surface area contributed by atoms with Crippen LogP contribution in [0.3, 0.4) is 0 Å². The SMILES string of the molecule is Cl.N[C@H](c1ccsc1)c1cc(Cl)ccc1Br. The van der Waals surface area contributed by atoms with Gasteiger partial charge in [0.15, 0.2) is 0 Å². The van der Waals surface area contributed by atoms with E-state index >= 15 is 0 Å². The quantitative estimate of drug-likeness (QED) is 0.848. The second-order valence-electron chi connectivity index (χ2n) is 3.20. The van der Waals surface area contributed by atoms with E-state index in [9.17, 15) is 0 Å². The molecule has 1 aromatic heterocycles. The molecule has 0 fully saturated rings. The predicted octanol–water partition coefficient (Wildman–Crippen LogP) is 4.63. The van der Waals surface area contributed by atoms with E-state index in [1.807, 2.05) is 29.6 Å². The van der Waals surface area contributed by atoms with Crippen molar-refractivity contribution in [3.8, 4) is 0 Å². The summed E-state index contributed by atoms with van der Waals surface area (Å²) in [6.07, 6.45) is 0. The van der Waals surface area contributed by atoms with Crippen LogP contribution in [0, 0.1) is 0 Å². The summed E-state index contributed by atoms with van der Waals surface area (Å²) in [6.45, 7) is 0. The van der Waals surface area contributed by atoms with Gasteiger partial charge in [0.1, 0.15) is 0 Å². The summed E-state index contributed by atoms with van der Waals surface area (Å²) in [5, 5.41) is 4.78. The van der Waals surface area contributed by atoms with Gasteiger partial charge in [0.2, 0.25) is 0 Å². The third-order valence-electron chi connectivity index (χ3n) is 2.20.